The largest absolute Gasteiger partial charge is 0.361 e. The van der Waals surface area contributed by atoms with Crippen LogP contribution in [-0.4, -0.2) is 45.2 Å². The van der Waals surface area contributed by atoms with Gasteiger partial charge in [-0.3, -0.25) is 4.90 Å². The molecule has 4 rings (SSSR count). The molecule has 0 amide bonds. The molecule has 6 nitrogen and oxygen atoms in total. The third-order valence-corrected chi connectivity index (χ3v) is 5.80. The number of rotatable bonds is 3. The van der Waals surface area contributed by atoms with Gasteiger partial charge in [-0.15, -0.1) is 0 Å². The van der Waals surface area contributed by atoms with Crippen LogP contribution in [0.1, 0.15) is 42.7 Å². The molecule has 24 heavy (non-hydrogen) atoms. The fourth-order valence-electron chi connectivity index (χ4n) is 4.30. The van der Waals surface area contributed by atoms with Gasteiger partial charge in [-0.2, -0.15) is 0 Å². The van der Waals surface area contributed by atoms with Crippen LogP contribution in [0, 0.1) is 13.8 Å². The SMILES string of the molecule is Cc1noc(C)c1CN1CCCC12CCN(c1ncccn1)CC2. The van der Waals surface area contributed by atoms with Gasteiger partial charge in [-0.1, -0.05) is 5.16 Å². The summed E-state index contributed by atoms with van der Waals surface area (Å²) in [5.41, 5.74) is 2.62. The molecule has 4 heterocycles. The van der Waals surface area contributed by atoms with E-state index < -0.39 is 0 Å². The number of hydrogen-bond acceptors (Lipinski definition) is 6. The minimum atomic E-state index is 0.321. The van der Waals surface area contributed by atoms with Gasteiger partial charge in [0.05, 0.1) is 5.69 Å². The fourth-order valence-corrected chi connectivity index (χ4v) is 4.30. The second-order valence-corrected chi connectivity index (χ2v) is 7.09. The molecule has 0 aliphatic carbocycles. The minimum Gasteiger partial charge on any atom is -0.361 e. The van der Waals surface area contributed by atoms with E-state index in [2.05, 4.69) is 24.9 Å². The summed E-state index contributed by atoms with van der Waals surface area (Å²) in [6.45, 7) is 8.26. The number of aryl methyl sites for hydroxylation is 2. The second-order valence-electron chi connectivity index (χ2n) is 7.09. The Hall–Kier alpha value is -1.95. The molecule has 0 radical (unpaired) electrons. The number of piperidine rings is 1. The third-order valence-electron chi connectivity index (χ3n) is 5.80. The highest BCUT2D eigenvalue weighted by molar-refractivity contribution is 5.30. The second kappa shape index (κ2) is 6.16. The summed E-state index contributed by atoms with van der Waals surface area (Å²) in [4.78, 5) is 13.8. The number of hydrogen-bond donors (Lipinski definition) is 0. The number of nitrogens with zero attached hydrogens (tertiary/aromatic N) is 5. The van der Waals surface area contributed by atoms with E-state index in [0.29, 0.717) is 5.54 Å². The van der Waals surface area contributed by atoms with Gasteiger partial charge in [0.15, 0.2) is 0 Å². The molecular weight excluding hydrogens is 302 g/mol. The molecule has 128 valence electrons. The van der Waals surface area contributed by atoms with Crippen LogP contribution in [0.15, 0.2) is 23.0 Å². The smallest absolute Gasteiger partial charge is 0.225 e. The van der Waals surface area contributed by atoms with Gasteiger partial charge in [0.2, 0.25) is 5.95 Å². The van der Waals surface area contributed by atoms with Crippen LogP contribution in [-0.2, 0) is 6.54 Å². The molecule has 2 aliphatic rings. The van der Waals surface area contributed by atoms with Crippen molar-refractivity contribution in [3.05, 3.63) is 35.5 Å². The quantitative estimate of drug-likeness (QED) is 0.864. The Labute approximate surface area is 142 Å². The molecule has 2 aliphatic heterocycles. The molecule has 6 heteroatoms. The van der Waals surface area contributed by atoms with Crippen LogP contribution in [0.2, 0.25) is 0 Å². The van der Waals surface area contributed by atoms with E-state index in [1.54, 1.807) is 0 Å². The van der Waals surface area contributed by atoms with Gasteiger partial charge in [-0.25, -0.2) is 9.97 Å². The van der Waals surface area contributed by atoms with Crippen LogP contribution >= 0.6 is 0 Å². The van der Waals surface area contributed by atoms with Gasteiger partial charge >= 0.3 is 0 Å². The van der Waals surface area contributed by atoms with Gasteiger partial charge in [-0.05, 0) is 52.1 Å². The van der Waals surface area contributed by atoms with Crippen molar-refractivity contribution >= 4 is 5.95 Å². The molecule has 2 aromatic rings. The molecule has 2 aromatic heterocycles. The van der Waals surface area contributed by atoms with Crippen molar-refractivity contribution in [2.24, 2.45) is 0 Å². The van der Waals surface area contributed by atoms with E-state index in [1.165, 1.54) is 37.8 Å². The van der Waals surface area contributed by atoms with E-state index in [-0.39, 0.29) is 0 Å². The monoisotopic (exact) mass is 327 g/mol. The molecule has 0 bridgehead atoms. The van der Waals surface area contributed by atoms with Crippen molar-refractivity contribution in [3.8, 4) is 0 Å². The summed E-state index contributed by atoms with van der Waals surface area (Å²) in [6.07, 6.45) is 8.58. The van der Waals surface area contributed by atoms with E-state index in [9.17, 15) is 0 Å². The minimum absolute atomic E-state index is 0.321. The zero-order chi connectivity index (χ0) is 16.6. The number of likely N-dealkylation sites (tertiary alicyclic amines) is 1. The van der Waals surface area contributed by atoms with Crippen molar-refractivity contribution in [3.63, 3.8) is 0 Å². The highest BCUT2D eigenvalue weighted by atomic mass is 16.5. The molecule has 0 saturated carbocycles. The number of anilines is 1. The first-order chi connectivity index (χ1) is 11.7. The van der Waals surface area contributed by atoms with Crippen molar-refractivity contribution in [2.45, 2.75) is 51.6 Å². The average Bonchev–Trinajstić information content (AvgIpc) is 3.15. The summed E-state index contributed by atoms with van der Waals surface area (Å²) in [5.74, 6) is 1.83. The van der Waals surface area contributed by atoms with Crippen molar-refractivity contribution < 1.29 is 4.52 Å². The molecule has 0 N–H and O–H groups in total. The molecule has 2 saturated heterocycles. The van der Waals surface area contributed by atoms with Gasteiger partial charge in [0.1, 0.15) is 5.76 Å². The molecule has 0 atom stereocenters. The zero-order valence-corrected chi connectivity index (χ0v) is 14.5. The van der Waals surface area contributed by atoms with Crippen molar-refractivity contribution in [1.29, 1.82) is 0 Å². The van der Waals surface area contributed by atoms with Gasteiger partial charge < -0.3 is 9.42 Å². The highest BCUT2D eigenvalue weighted by Crippen LogP contribution is 2.40. The van der Waals surface area contributed by atoms with E-state index >= 15 is 0 Å². The van der Waals surface area contributed by atoms with Gasteiger partial charge in [0.25, 0.3) is 0 Å². The predicted molar refractivity (Wildman–Crippen MR) is 91.8 cm³/mol. The Morgan fingerprint density at radius 1 is 1.08 bits per heavy atom. The maximum atomic E-state index is 5.35. The topological polar surface area (TPSA) is 58.3 Å². The lowest BCUT2D eigenvalue weighted by atomic mass is 9.84. The fraction of sp³-hybridized carbons (Fsp3) is 0.611. The summed E-state index contributed by atoms with van der Waals surface area (Å²) in [7, 11) is 0. The van der Waals surface area contributed by atoms with Gasteiger partial charge in [0, 0.05) is 43.1 Å². The number of aromatic nitrogens is 3. The average molecular weight is 327 g/mol. The molecule has 0 unspecified atom stereocenters. The normalized spacial score (nSPS) is 20.8. The standard InChI is InChI=1S/C18H25N5O/c1-14-16(15(2)24-21-14)13-23-10-3-5-18(23)6-11-22(12-7-18)17-19-8-4-9-20-17/h4,8-9H,3,5-7,10-13H2,1-2H3. The summed E-state index contributed by atoms with van der Waals surface area (Å²) in [6, 6.07) is 1.87. The van der Waals surface area contributed by atoms with Crippen molar-refractivity contribution in [2.75, 3.05) is 24.5 Å². The maximum absolute atomic E-state index is 5.35. The zero-order valence-electron chi connectivity index (χ0n) is 14.5. The summed E-state index contributed by atoms with van der Waals surface area (Å²) >= 11 is 0. The van der Waals surface area contributed by atoms with E-state index in [4.69, 9.17) is 4.52 Å². The lowest BCUT2D eigenvalue weighted by Gasteiger charge is -2.45. The van der Waals surface area contributed by atoms with Crippen LogP contribution < -0.4 is 4.90 Å². The summed E-state index contributed by atoms with van der Waals surface area (Å²) < 4.78 is 5.35. The Bertz CT molecular complexity index is 671. The van der Waals surface area contributed by atoms with Crippen LogP contribution in [0.4, 0.5) is 5.95 Å². The van der Waals surface area contributed by atoms with E-state index in [1.807, 2.05) is 32.3 Å². The Morgan fingerprint density at radius 3 is 2.50 bits per heavy atom. The lowest BCUT2D eigenvalue weighted by Crippen LogP contribution is -2.52. The third kappa shape index (κ3) is 2.69. The molecule has 2 fully saturated rings. The maximum Gasteiger partial charge on any atom is 0.225 e. The van der Waals surface area contributed by atoms with Crippen LogP contribution in [0.5, 0.6) is 0 Å². The van der Waals surface area contributed by atoms with Crippen LogP contribution in [0.25, 0.3) is 0 Å². The van der Waals surface area contributed by atoms with Crippen molar-refractivity contribution in [1.82, 2.24) is 20.0 Å². The first-order valence-electron chi connectivity index (χ1n) is 8.87. The molecule has 1 spiro atoms. The predicted octanol–water partition coefficient (Wildman–Crippen LogP) is 2.72. The lowest BCUT2D eigenvalue weighted by molar-refractivity contribution is 0.0988. The Morgan fingerprint density at radius 2 is 1.83 bits per heavy atom. The Balaban J connectivity index is 1.47. The summed E-state index contributed by atoms with van der Waals surface area (Å²) in [5, 5.41) is 4.12. The molecule has 0 aromatic carbocycles. The van der Waals surface area contributed by atoms with Crippen LogP contribution in [0.3, 0.4) is 0 Å². The van der Waals surface area contributed by atoms with E-state index in [0.717, 1.165) is 37.0 Å². The Kier molecular flexibility index (Phi) is 4.00. The highest BCUT2D eigenvalue weighted by Gasteiger charge is 2.43. The first kappa shape index (κ1) is 15.6. The molecular formula is C18H25N5O. The first-order valence-corrected chi connectivity index (χ1v) is 8.87.